The van der Waals surface area contributed by atoms with E-state index >= 15 is 0 Å². The summed E-state index contributed by atoms with van der Waals surface area (Å²) in [7, 11) is 0. The second-order valence-corrected chi connectivity index (χ2v) is 6.91. The fourth-order valence-corrected chi connectivity index (χ4v) is 3.31. The molecule has 0 atom stereocenters. The highest BCUT2D eigenvalue weighted by molar-refractivity contribution is 6.35. The van der Waals surface area contributed by atoms with Gasteiger partial charge in [0.15, 0.2) is 6.61 Å². The van der Waals surface area contributed by atoms with E-state index in [0.717, 1.165) is 25.7 Å². The molecule has 1 aliphatic rings. The van der Waals surface area contributed by atoms with Gasteiger partial charge in [-0.15, -0.1) is 0 Å². The Morgan fingerprint density at radius 1 is 1.19 bits per heavy atom. The second-order valence-electron chi connectivity index (χ2n) is 6.07. The number of nitrogens with zero attached hydrogens (tertiary/aromatic N) is 2. The molecule has 8 heteroatoms. The first kappa shape index (κ1) is 18.7. The minimum Gasteiger partial charge on any atom is -0.482 e. The standard InChI is InChI=1S/C18H19Cl2N3O3/c19-12-1-6-16(15(20)9-12)25-11-17(24)23-13-2-4-14(5-3-13)26-18-10-21-7-8-22-18/h1,6-10,13-14H,2-5,11H2,(H,23,24). The highest BCUT2D eigenvalue weighted by Crippen LogP contribution is 2.27. The number of aromatic nitrogens is 2. The number of hydrogen-bond donors (Lipinski definition) is 1. The molecule has 1 heterocycles. The number of amides is 1. The van der Waals surface area contributed by atoms with E-state index < -0.39 is 0 Å². The van der Waals surface area contributed by atoms with Crippen LogP contribution in [-0.2, 0) is 4.79 Å². The maximum absolute atomic E-state index is 12.1. The van der Waals surface area contributed by atoms with Crippen LogP contribution in [0.15, 0.2) is 36.8 Å². The number of rotatable bonds is 6. The minimum absolute atomic E-state index is 0.0859. The van der Waals surface area contributed by atoms with Gasteiger partial charge in [-0.25, -0.2) is 4.98 Å². The Hall–Kier alpha value is -2.05. The number of nitrogens with one attached hydrogen (secondary N) is 1. The second kappa shape index (κ2) is 9.05. The zero-order valence-electron chi connectivity index (χ0n) is 14.0. The normalized spacial score (nSPS) is 19.6. The van der Waals surface area contributed by atoms with Crippen molar-refractivity contribution >= 4 is 29.1 Å². The summed E-state index contributed by atoms with van der Waals surface area (Å²) in [6, 6.07) is 5.01. The molecule has 1 aromatic carbocycles. The van der Waals surface area contributed by atoms with Crippen LogP contribution in [0.3, 0.4) is 0 Å². The van der Waals surface area contributed by atoms with Gasteiger partial charge in [-0.1, -0.05) is 23.2 Å². The van der Waals surface area contributed by atoms with Crippen molar-refractivity contribution in [3.05, 3.63) is 46.8 Å². The molecule has 6 nitrogen and oxygen atoms in total. The SMILES string of the molecule is O=C(COc1ccc(Cl)cc1Cl)NC1CCC(Oc2cnccn2)CC1. The van der Waals surface area contributed by atoms with E-state index in [0.29, 0.717) is 21.7 Å². The van der Waals surface area contributed by atoms with Crippen molar-refractivity contribution in [2.75, 3.05) is 6.61 Å². The molecular formula is C18H19Cl2N3O3. The molecule has 26 heavy (non-hydrogen) atoms. The molecule has 1 amide bonds. The first-order valence-corrected chi connectivity index (χ1v) is 9.15. The van der Waals surface area contributed by atoms with Crippen LogP contribution in [-0.4, -0.2) is 34.6 Å². The number of carbonyl (C=O) groups excluding carboxylic acids is 1. The van der Waals surface area contributed by atoms with Gasteiger partial charge in [-0.3, -0.25) is 9.78 Å². The maximum atomic E-state index is 12.1. The number of benzene rings is 1. The Bertz CT molecular complexity index is 738. The van der Waals surface area contributed by atoms with Gasteiger partial charge in [0.1, 0.15) is 11.9 Å². The van der Waals surface area contributed by atoms with Gasteiger partial charge in [0.2, 0.25) is 5.88 Å². The lowest BCUT2D eigenvalue weighted by Crippen LogP contribution is -2.41. The summed E-state index contributed by atoms with van der Waals surface area (Å²) in [6.07, 6.45) is 8.32. The number of hydrogen-bond acceptors (Lipinski definition) is 5. The topological polar surface area (TPSA) is 73.3 Å². The van der Waals surface area contributed by atoms with E-state index in [9.17, 15) is 4.79 Å². The van der Waals surface area contributed by atoms with Crippen LogP contribution in [0.2, 0.25) is 10.0 Å². The van der Waals surface area contributed by atoms with Gasteiger partial charge in [-0.05, 0) is 43.9 Å². The van der Waals surface area contributed by atoms with Gasteiger partial charge in [0.25, 0.3) is 5.91 Å². The zero-order valence-corrected chi connectivity index (χ0v) is 15.5. The fraction of sp³-hybridized carbons (Fsp3) is 0.389. The predicted octanol–water partition coefficient (Wildman–Crippen LogP) is 3.67. The molecule has 1 N–H and O–H groups in total. The van der Waals surface area contributed by atoms with Crippen LogP contribution in [0, 0.1) is 0 Å². The fourth-order valence-electron chi connectivity index (χ4n) is 2.85. The third-order valence-corrected chi connectivity index (χ3v) is 4.65. The summed E-state index contributed by atoms with van der Waals surface area (Å²) in [5.74, 6) is 0.801. The summed E-state index contributed by atoms with van der Waals surface area (Å²) in [5, 5.41) is 3.89. The van der Waals surface area contributed by atoms with Crippen molar-refractivity contribution in [3.63, 3.8) is 0 Å². The Labute approximate surface area is 161 Å². The average molecular weight is 396 g/mol. The third kappa shape index (κ3) is 5.47. The van der Waals surface area contributed by atoms with Crippen molar-refractivity contribution in [2.24, 2.45) is 0 Å². The quantitative estimate of drug-likeness (QED) is 0.807. The molecule has 0 saturated heterocycles. The molecule has 1 aromatic heterocycles. The van der Waals surface area contributed by atoms with E-state index in [-0.39, 0.29) is 24.7 Å². The van der Waals surface area contributed by atoms with Crippen molar-refractivity contribution in [1.82, 2.24) is 15.3 Å². The van der Waals surface area contributed by atoms with E-state index in [2.05, 4.69) is 15.3 Å². The Morgan fingerprint density at radius 2 is 2.00 bits per heavy atom. The first-order valence-electron chi connectivity index (χ1n) is 8.40. The molecule has 1 saturated carbocycles. The molecule has 0 aliphatic heterocycles. The van der Waals surface area contributed by atoms with Crippen molar-refractivity contribution in [1.29, 1.82) is 0 Å². The van der Waals surface area contributed by atoms with Crippen LogP contribution in [0.5, 0.6) is 11.6 Å². The molecule has 3 rings (SSSR count). The van der Waals surface area contributed by atoms with E-state index in [4.69, 9.17) is 32.7 Å². The lowest BCUT2D eigenvalue weighted by Gasteiger charge is -2.29. The smallest absolute Gasteiger partial charge is 0.258 e. The summed E-state index contributed by atoms with van der Waals surface area (Å²) in [4.78, 5) is 20.2. The molecule has 1 aliphatic carbocycles. The molecule has 0 spiro atoms. The van der Waals surface area contributed by atoms with Crippen LogP contribution < -0.4 is 14.8 Å². The molecule has 0 radical (unpaired) electrons. The molecular weight excluding hydrogens is 377 g/mol. The average Bonchev–Trinajstić information content (AvgIpc) is 2.63. The van der Waals surface area contributed by atoms with E-state index in [1.165, 1.54) is 0 Å². The lowest BCUT2D eigenvalue weighted by atomic mass is 9.93. The molecule has 0 bridgehead atoms. The molecule has 0 unspecified atom stereocenters. The minimum atomic E-state index is -0.172. The Morgan fingerprint density at radius 3 is 2.69 bits per heavy atom. The summed E-state index contributed by atoms with van der Waals surface area (Å²) in [5.41, 5.74) is 0. The monoisotopic (exact) mass is 395 g/mol. The highest BCUT2D eigenvalue weighted by Gasteiger charge is 2.24. The summed E-state index contributed by atoms with van der Waals surface area (Å²) < 4.78 is 11.3. The Balaban J connectivity index is 1.39. The van der Waals surface area contributed by atoms with Gasteiger partial charge >= 0.3 is 0 Å². The van der Waals surface area contributed by atoms with Crippen molar-refractivity contribution in [3.8, 4) is 11.6 Å². The third-order valence-electron chi connectivity index (χ3n) is 4.12. The maximum Gasteiger partial charge on any atom is 0.258 e. The number of carbonyl (C=O) groups is 1. The Kier molecular flexibility index (Phi) is 6.52. The van der Waals surface area contributed by atoms with Crippen LogP contribution in [0.25, 0.3) is 0 Å². The van der Waals surface area contributed by atoms with Gasteiger partial charge in [-0.2, -0.15) is 0 Å². The molecule has 1 fully saturated rings. The van der Waals surface area contributed by atoms with Gasteiger partial charge < -0.3 is 14.8 Å². The van der Waals surface area contributed by atoms with Gasteiger partial charge in [0, 0.05) is 23.5 Å². The molecule has 138 valence electrons. The molecule has 2 aromatic rings. The number of ether oxygens (including phenoxy) is 2. The zero-order chi connectivity index (χ0) is 18.4. The summed E-state index contributed by atoms with van der Waals surface area (Å²) >= 11 is 11.9. The summed E-state index contributed by atoms with van der Waals surface area (Å²) in [6.45, 7) is -0.0859. The highest BCUT2D eigenvalue weighted by atomic mass is 35.5. The van der Waals surface area contributed by atoms with E-state index in [1.54, 1.807) is 36.8 Å². The van der Waals surface area contributed by atoms with Crippen LogP contribution in [0.1, 0.15) is 25.7 Å². The van der Waals surface area contributed by atoms with Crippen LogP contribution >= 0.6 is 23.2 Å². The van der Waals surface area contributed by atoms with E-state index in [1.807, 2.05) is 0 Å². The van der Waals surface area contributed by atoms with Crippen molar-refractivity contribution in [2.45, 2.75) is 37.8 Å². The van der Waals surface area contributed by atoms with Crippen LogP contribution in [0.4, 0.5) is 0 Å². The lowest BCUT2D eigenvalue weighted by molar-refractivity contribution is -0.124. The first-order chi connectivity index (χ1) is 12.6. The van der Waals surface area contributed by atoms with Gasteiger partial charge in [0.05, 0.1) is 11.2 Å². The largest absolute Gasteiger partial charge is 0.482 e. The van der Waals surface area contributed by atoms with Crippen molar-refractivity contribution < 1.29 is 14.3 Å². The number of halogens is 2. The predicted molar refractivity (Wildman–Crippen MR) is 98.8 cm³/mol.